The highest BCUT2D eigenvalue weighted by Gasteiger charge is 2.25. The van der Waals surface area contributed by atoms with Gasteiger partial charge in [0.2, 0.25) is 0 Å². The number of amides is 1. The number of hydrogen-bond donors (Lipinski definition) is 1. The molecule has 4 aromatic rings. The second kappa shape index (κ2) is 11.9. The second-order valence-electron chi connectivity index (χ2n) is 9.00. The third-order valence-corrected chi connectivity index (χ3v) is 7.62. The maximum Gasteiger partial charge on any atom is 0.343 e. The van der Waals surface area contributed by atoms with E-state index in [1.807, 2.05) is 42.5 Å². The lowest BCUT2D eigenvalue weighted by molar-refractivity contribution is 0.0734. The lowest BCUT2D eigenvalue weighted by atomic mass is 9.95. The normalized spacial score (nSPS) is 12.7. The fourth-order valence-corrected chi connectivity index (χ4v) is 5.62. The first-order valence-electron chi connectivity index (χ1n) is 12.6. The number of methoxy groups -OCH3 is 1. The predicted octanol–water partition coefficient (Wildman–Crippen LogP) is 6.54. The smallest absolute Gasteiger partial charge is 0.343 e. The largest absolute Gasteiger partial charge is 0.497 e. The molecule has 0 saturated heterocycles. The molecule has 1 aliphatic carbocycles. The van der Waals surface area contributed by atoms with Crippen molar-refractivity contribution in [3.63, 3.8) is 0 Å². The Bertz CT molecular complexity index is 1440. The molecule has 0 spiro atoms. The molecule has 1 N–H and O–H groups in total. The van der Waals surface area contributed by atoms with Crippen molar-refractivity contribution in [1.82, 2.24) is 5.32 Å². The molecule has 1 amide bonds. The first-order chi connectivity index (χ1) is 18.6. The van der Waals surface area contributed by atoms with E-state index in [9.17, 15) is 9.59 Å². The van der Waals surface area contributed by atoms with E-state index >= 15 is 0 Å². The molecule has 0 unspecified atom stereocenters. The zero-order valence-electron chi connectivity index (χ0n) is 21.1. The van der Waals surface area contributed by atoms with Crippen molar-refractivity contribution >= 4 is 34.4 Å². The lowest BCUT2D eigenvalue weighted by Gasteiger charge is -2.12. The van der Waals surface area contributed by atoms with E-state index < -0.39 is 5.97 Å². The van der Waals surface area contributed by atoms with Gasteiger partial charge in [-0.25, -0.2) is 9.79 Å². The number of rotatable bonds is 8. The third-order valence-electron chi connectivity index (χ3n) is 6.42. The average molecular weight is 525 g/mol. The molecule has 38 heavy (non-hydrogen) atoms. The number of carbonyl (C=O) groups is 2. The Hall–Kier alpha value is -4.23. The molecule has 1 heterocycles. The molecular formula is C31H28N2O4S. The number of aryl methyl sites for hydroxylation is 1. The first-order valence-corrected chi connectivity index (χ1v) is 13.4. The minimum absolute atomic E-state index is 0.0822. The maximum atomic E-state index is 13.2. The molecule has 3 aromatic carbocycles. The van der Waals surface area contributed by atoms with Gasteiger partial charge in [0.05, 0.1) is 18.2 Å². The SMILES string of the molecule is COc1ccc(C(=O)Oc2ccc(C=Nc3sc4c(c3C(=O)NCc3ccccc3)CCCC4)cc2)cc1. The fourth-order valence-electron chi connectivity index (χ4n) is 4.39. The van der Waals surface area contributed by atoms with Crippen molar-refractivity contribution in [1.29, 1.82) is 0 Å². The molecule has 0 fully saturated rings. The van der Waals surface area contributed by atoms with Crippen LogP contribution in [-0.4, -0.2) is 25.2 Å². The van der Waals surface area contributed by atoms with Crippen molar-refractivity contribution in [3.05, 3.63) is 112 Å². The van der Waals surface area contributed by atoms with Crippen LogP contribution in [0.1, 0.15) is 55.1 Å². The van der Waals surface area contributed by atoms with Crippen molar-refractivity contribution < 1.29 is 19.1 Å². The number of thiophene rings is 1. The van der Waals surface area contributed by atoms with Crippen LogP contribution in [0.25, 0.3) is 0 Å². The van der Waals surface area contributed by atoms with Crippen molar-refractivity contribution in [3.8, 4) is 11.5 Å². The Kier molecular flexibility index (Phi) is 7.95. The van der Waals surface area contributed by atoms with E-state index in [-0.39, 0.29) is 5.91 Å². The van der Waals surface area contributed by atoms with Crippen LogP contribution >= 0.6 is 11.3 Å². The van der Waals surface area contributed by atoms with E-state index in [0.29, 0.717) is 29.2 Å². The Morgan fingerprint density at radius 3 is 2.37 bits per heavy atom. The molecule has 0 saturated carbocycles. The summed E-state index contributed by atoms with van der Waals surface area (Å²) in [5, 5.41) is 3.81. The number of nitrogens with one attached hydrogen (secondary N) is 1. The Morgan fingerprint density at radius 2 is 1.63 bits per heavy atom. The zero-order valence-corrected chi connectivity index (χ0v) is 21.9. The van der Waals surface area contributed by atoms with E-state index in [2.05, 4.69) is 5.32 Å². The molecular weight excluding hydrogens is 496 g/mol. The van der Waals surface area contributed by atoms with E-state index in [1.165, 1.54) is 4.88 Å². The quantitative estimate of drug-likeness (QED) is 0.161. The van der Waals surface area contributed by atoms with Crippen LogP contribution in [0.5, 0.6) is 11.5 Å². The van der Waals surface area contributed by atoms with E-state index in [4.69, 9.17) is 14.5 Å². The molecule has 7 heteroatoms. The van der Waals surface area contributed by atoms with Gasteiger partial charge >= 0.3 is 5.97 Å². The van der Waals surface area contributed by atoms with Crippen LogP contribution in [0.3, 0.4) is 0 Å². The number of benzene rings is 3. The zero-order chi connectivity index (χ0) is 26.3. The minimum atomic E-state index is -0.440. The molecule has 0 aliphatic heterocycles. The summed E-state index contributed by atoms with van der Waals surface area (Å²) in [6.45, 7) is 0.476. The summed E-state index contributed by atoms with van der Waals surface area (Å²) in [5.74, 6) is 0.592. The number of nitrogens with zero attached hydrogens (tertiary/aromatic N) is 1. The number of esters is 1. The summed E-state index contributed by atoms with van der Waals surface area (Å²) in [5.41, 5.74) is 4.18. The fraction of sp³-hybridized carbons (Fsp3) is 0.194. The molecule has 0 radical (unpaired) electrons. The topological polar surface area (TPSA) is 77.0 Å². The van der Waals surface area contributed by atoms with Crippen LogP contribution < -0.4 is 14.8 Å². The number of aliphatic imine (C=N–C) groups is 1. The van der Waals surface area contributed by atoms with Crippen LogP contribution in [-0.2, 0) is 19.4 Å². The van der Waals surface area contributed by atoms with Crippen LogP contribution in [0.15, 0.2) is 83.9 Å². The summed E-state index contributed by atoms with van der Waals surface area (Å²) >= 11 is 1.61. The van der Waals surface area contributed by atoms with Gasteiger partial charge in [-0.15, -0.1) is 11.3 Å². The van der Waals surface area contributed by atoms with E-state index in [1.54, 1.807) is 61.1 Å². The van der Waals surface area contributed by atoms with Gasteiger partial charge in [0.15, 0.2) is 0 Å². The van der Waals surface area contributed by atoms with Gasteiger partial charge in [-0.05, 0) is 90.9 Å². The standard InChI is InChI=1S/C31H28N2O4S/c1-36-24-17-13-23(14-18-24)31(35)37-25-15-11-22(12-16-25)20-33-30-28(26-9-5-6-10-27(26)38-30)29(34)32-19-21-7-3-2-4-8-21/h2-4,7-8,11-18,20H,5-6,9-10,19H2,1H3,(H,32,34). The number of ether oxygens (including phenoxy) is 2. The number of carbonyl (C=O) groups excluding carboxylic acids is 2. The monoisotopic (exact) mass is 524 g/mol. The third kappa shape index (κ3) is 6.01. The predicted molar refractivity (Wildman–Crippen MR) is 150 cm³/mol. The Labute approximate surface area is 226 Å². The van der Waals surface area contributed by atoms with Crippen LogP contribution in [0.2, 0.25) is 0 Å². The average Bonchev–Trinajstić information content (AvgIpc) is 3.34. The summed E-state index contributed by atoms with van der Waals surface area (Å²) in [6.07, 6.45) is 5.87. The van der Waals surface area contributed by atoms with Gasteiger partial charge in [-0.1, -0.05) is 30.3 Å². The van der Waals surface area contributed by atoms with Crippen molar-refractivity contribution in [2.75, 3.05) is 7.11 Å². The highest BCUT2D eigenvalue weighted by molar-refractivity contribution is 7.16. The Morgan fingerprint density at radius 1 is 0.921 bits per heavy atom. The highest BCUT2D eigenvalue weighted by atomic mass is 32.1. The van der Waals surface area contributed by atoms with Gasteiger partial charge in [0.1, 0.15) is 16.5 Å². The summed E-state index contributed by atoms with van der Waals surface area (Å²) in [7, 11) is 1.58. The number of fused-ring (bicyclic) bond motifs is 1. The molecule has 5 rings (SSSR count). The van der Waals surface area contributed by atoms with Gasteiger partial charge in [0.25, 0.3) is 5.91 Å². The van der Waals surface area contributed by atoms with Gasteiger partial charge in [-0.2, -0.15) is 0 Å². The summed E-state index contributed by atoms with van der Waals surface area (Å²) in [4.78, 5) is 31.7. The van der Waals surface area contributed by atoms with Crippen LogP contribution in [0.4, 0.5) is 5.00 Å². The first kappa shape index (κ1) is 25.4. The number of hydrogen-bond acceptors (Lipinski definition) is 6. The molecule has 1 aliphatic rings. The summed E-state index contributed by atoms with van der Waals surface area (Å²) < 4.78 is 10.6. The highest BCUT2D eigenvalue weighted by Crippen LogP contribution is 2.40. The molecule has 0 atom stereocenters. The second-order valence-corrected chi connectivity index (χ2v) is 10.1. The molecule has 6 nitrogen and oxygen atoms in total. The lowest BCUT2D eigenvalue weighted by Crippen LogP contribution is -2.24. The van der Waals surface area contributed by atoms with Crippen LogP contribution in [0, 0.1) is 0 Å². The summed E-state index contributed by atoms with van der Waals surface area (Å²) in [6, 6.07) is 23.8. The Balaban J connectivity index is 1.29. The minimum Gasteiger partial charge on any atom is -0.497 e. The molecule has 192 valence electrons. The molecule has 0 bridgehead atoms. The van der Waals surface area contributed by atoms with Gasteiger partial charge in [0, 0.05) is 17.6 Å². The van der Waals surface area contributed by atoms with Gasteiger partial charge < -0.3 is 14.8 Å². The van der Waals surface area contributed by atoms with Gasteiger partial charge in [-0.3, -0.25) is 4.79 Å². The maximum absolute atomic E-state index is 13.2. The van der Waals surface area contributed by atoms with Crippen molar-refractivity contribution in [2.45, 2.75) is 32.2 Å². The van der Waals surface area contributed by atoms with E-state index in [0.717, 1.165) is 47.4 Å². The van der Waals surface area contributed by atoms with Crippen molar-refractivity contribution in [2.24, 2.45) is 4.99 Å². The molecule has 1 aromatic heterocycles.